The lowest BCUT2D eigenvalue weighted by atomic mass is 10.1. The van der Waals surface area contributed by atoms with E-state index in [1.54, 1.807) is 0 Å². The Bertz CT molecular complexity index is 862. The fourth-order valence-corrected chi connectivity index (χ4v) is 4.14. The second-order valence-corrected chi connectivity index (χ2v) is 7.14. The van der Waals surface area contributed by atoms with Crippen molar-refractivity contribution < 1.29 is 4.79 Å². The maximum Gasteiger partial charge on any atom is 0.263 e. The van der Waals surface area contributed by atoms with Crippen molar-refractivity contribution in [2.24, 2.45) is 0 Å². The van der Waals surface area contributed by atoms with E-state index < -0.39 is 0 Å². The normalized spacial score (nSPS) is 15.7. The number of aromatic nitrogens is 2. The third-order valence-electron chi connectivity index (χ3n) is 4.51. The molecule has 1 aromatic carbocycles. The van der Waals surface area contributed by atoms with Gasteiger partial charge < -0.3 is 10.6 Å². The van der Waals surface area contributed by atoms with Gasteiger partial charge >= 0.3 is 0 Å². The van der Waals surface area contributed by atoms with Crippen molar-refractivity contribution in [2.75, 3.05) is 13.1 Å². The zero-order valence-electron chi connectivity index (χ0n) is 13.6. The molecule has 0 saturated carbocycles. The Morgan fingerprint density at radius 3 is 2.75 bits per heavy atom. The lowest BCUT2D eigenvalue weighted by Crippen LogP contribution is -2.42. The molecular weight excluding hydrogens is 320 g/mol. The summed E-state index contributed by atoms with van der Waals surface area (Å²) in [6.07, 6.45) is 3.99. The molecule has 5 nitrogen and oxygen atoms in total. The fourth-order valence-electron chi connectivity index (χ4n) is 3.13. The highest BCUT2D eigenvalue weighted by atomic mass is 32.1. The first-order chi connectivity index (χ1) is 11.7. The highest BCUT2D eigenvalue weighted by molar-refractivity contribution is 7.19. The van der Waals surface area contributed by atoms with Crippen LogP contribution in [-0.2, 0) is 0 Å². The number of thiazole rings is 1. The number of carbonyl (C=O) groups excluding carboxylic acids is 1. The van der Waals surface area contributed by atoms with Crippen LogP contribution in [0.2, 0.25) is 0 Å². The lowest BCUT2D eigenvalue weighted by Gasteiger charge is -2.23. The standard InChI is InChI=1S/C18H20N4OS/c1-12-16(17(23)20-14-7-9-19-10-8-14)24-18-21-15(11-22(12)18)13-5-3-2-4-6-13/h2-6,11,14,19H,7-10H2,1H3,(H,20,23). The van der Waals surface area contributed by atoms with Gasteiger partial charge in [0, 0.05) is 23.5 Å². The Hall–Kier alpha value is -2.18. The molecule has 2 aromatic heterocycles. The van der Waals surface area contributed by atoms with E-state index in [1.807, 2.05) is 47.9 Å². The molecule has 2 N–H and O–H groups in total. The molecule has 0 unspecified atom stereocenters. The van der Waals surface area contributed by atoms with Crippen LogP contribution < -0.4 is 10.6 Å². The molecule has 3 aromatic rings. The molecule has 0 atom stereocenters. The minimum Gasteiger partial charge on any atom is -0.348 e. The van der Waals surface area contributed by atoms with Crippen molar-refractivity contribution in [3.05, 3.63) is 47.1 Å². The Morgan fingerprint density at radius 2 is 2.04 bits per heavy atom. The second kappa shape index (κ2) is 6.37. The van der Waals surface area contributed by atoms with Crippen molar-refractivity contribution in [3.8, 4) is 11.3 Å². The average Bonchev–Trinajstić information content (AvgIpc) is 3.16. The molecule has 0 radical (unpaired) electrons. The van der Waals surface area contributed by atoms with Gasteiger partial charge in [-0.05, 0) is 32.9 Å². The molecule has 0 spiro atoms. The quantitative estimate of drug-likeness (QED) is 0.771. The smallest absolute Gasteiger partial charge is 0.263 e. The number of carbonyl (C=O) groups is 1. The lowest BCUT2D eigenvalue weighted by molar-refractivity contribution is 0.0933. The van der Waals surface area contributed by atoms with Crippen LogP contribution in [0.1, 0.15) is 28.2 Å². The summed E-state index contributed by atoms with van der Waals surface area (Å²) in [6.45, 7) is 3.92. The summed E-state index contributed by atoms with van der Waals surface area (Å²) >= 11 is 1.46. The van der Waals surface area contributed by atoms with Gasteiger partial charge in [-0.25, -0.2) is 4.98 Å². The van der Waals surface area contributed by atoms with Crippen LogP contribution in [-0.4, -0.2) is 34.4 Å². The third-order valence-corrected chi connectivity index (χ3v) is 5.66. The predicted octanol–water partition coefficient (Wildman–Crippen LogP) is 2.85. The van der Waals surface area contributed by atoms with Crippen LogP contribution in [0.25, 0.3) is 16.2 Å². The van der Waals surface area contributed by atoms with Gasteiger partial charge in [0.25, 0.3) is 5.91 Å². The van der Waals surface area contributed by atoms with Crippen molar-refractivity contribution in [3.63, 3.8) is 0 Å². The molecule has 3 heterocycles. The molecule has 1 saturated heterocycles. The highest BCUT2D eigenvalue weighted by Crippen LogP contribution is 2.27. The van der Waals surface area contributed by atoms with Crippen molar-refractivity contribution >= 4 is 22.2 Å². The summed E-state index contributed by atoms with van der Waals surface area (Å²) in [5.41, 5.74) is 2.99. The minimum absolute atomic E-state index is 0.0242. The van der Waals surface area contributed by atoms with Crippen LogP contribution in [0, 0.1) is 6.92 Å². The number of piperidine rings is 1. The van der Waals surface area contributed by atoms with E-state index in [0.717, 1.165) is 52.7 Å². The summed E-state index contributed by atoms with van der Waals surface area (Å²) in [6, 6.07) is 10.4. The third kappa shape index (κ3) is 2.83. The van der Waals surface area contributed by atoms with Gasteiger partial charge in [0.2, 0.25) is 0 Å². The first kappa shape index (κ1) is 15.4. The molecule has 1 amide bonds. The van der Waals surface area contributed by atoms with E-state index >= 15 is 0 Å². The maximum absolute atomic E-state index is 12.6. The summed E-state index contributed by atoms with van der Waals surface area (Å²) in [5, 5.41) is 6.48. The van der Waals surface area contributed by atoms with E-state index in [-0.39, 0.29) is 11.9 Å². The number of hydrogen-bond acceptors (Lipinski definition) is 4. The van der Waals surface area contributed by atoms with Crippen molar-refractivity contribution in [1.29, 1.82) is 0 Å². The average molecular weight is 340 g/mol. The first-order valence-electron chi connectivity index (χ1n) is 8.28. The molecule has 124 valence electrons. The number of aryl methyl sites for hydroxylation is 1. The molecule has 24 heavy (non-hydrogen) atoms. The molecular formula is C18H20N4OS. The number of rotatable bonds is 3. The van der Waals surface area contributed by atoms with E-state index in [4.69, 9.17) is 0 Å². The molecule has 1 fully saturated rings. The number of imidazole rings is 1. The molecule has 1 aliphatic rings. The number of nitrogens with one attached hydrogen (secondary N) is 2. The van der Waals surface area contributed by atoms with Gasteiger partial charge in [0.15, 0.2) is 4.96 Å². The van der Waals surface area contributed by atoms with Crippen molar-refractivity contribution in [2.45, 2.75) is 25.8 Å². The van der Waals surface area contributed by atoms with Crippen LogP contribution in [0.15, 0.2) is 36.5 Å². The van der Waals surface area contributed by atoms with E-state index in [1.165, 1.54) is 11.3 Å². The number of fused-ring (bicyclic) bond motifs is 1. The van der Waals surface area contributed by atoms with E-state index in [0.29, 0.717) is 0 Å². The Balaban J connectivity index is 1.59. The number of benzene rings is 1. The Labute approximate surface area is 144 Å². The van der Waals surface area contributed by atoms with Crippen molar-refractivity contribution in [1.82, 2.24) is 20.0 Å². The number of nitrogens with zero attached hydrogens (tertiary/aromatic N) is 2. The number of amides is 1. The summed E-state index contributed by atoms with van der Waals surface area (Å²) < 4.78 is 2.02. The van der Waals surface area contributed by atoms with E-state index in [9.17, 15) is 4.79 Å². The largest absolute Gasteiger partial charge is 0.348 e. The zero-order valence-corrected chi connectivity index (χ0v) is 14.4. The van der Waals surface area contributed by atoms with Gasteiger partial charge in [-0.1, -0.05) is 41.7 Å². The fraction of sp³-hybridized carbons (Fsp3) is 0.333. The maximum atomic E-state index is 12.6. The van der Waals surface area contributed by atoms with Gasteiger partial charge in [-0.3, -0.25) is 9.20 Å². The van der Waals surface area contributed by atoms with Crippen LogP contribution in [0.5, 0.6) is 0 Å². The molecule has 0 aliphatic carbocycles. The van der Waals surface area contributed by atoms with Crippen LogP contribution in [0.4, 0.5) is 0 Å². The molecule has 1 aliphatic heterocycles. The Morgan fingerprint density at radius 1 is 1.29 bits per heavy atom. The predicted molar refractivity (Wildman–Crippen MR) is 96.6 cm³/mol. The molecule has 0 bridgehead atoms. The zero-order chi connectivity index (χ0) is 16.5. The first-order valence-corrected chi connectivity index (χ1v) is 9.09. The molecule has 6 heteroatoms. The SMILES string of the molecule is Cc1c(C(=O)NC2CCNCC2)sc2nc(-c3ccccc3)cn12. The summed E-state index contributed by atoms with van der Waals surface area (Å²) in [4.78, 5) is 18.9. The minimum atomic E-state index is 0.0242. The summed E-state index contributed by atoms with van der Waals surface area (Å²) in [7, 11) is 0. The van der Waals surface area contributed by atoms with Gasteiger partial charge in [-0.15, -0.1) is 0 Å². The number of hydrogen-bond donors (Lipinski definition) is 2. The second-order valence-electron chi connectivity index (χ2n) is 6.16. The van der Waals surface area contributed by atoms with Gasteiger partial charge in [0.1, 0.15) is 4.88 Å². The monoisotopic (exact) mass is 340 g/mol. The topological polar surface area (TPSA) is 58.4 Å². The Kier molecular flexibility index (Phi) is 4.08. The molecule has 4 rings (SSSR count). The van der Waals surface area contributed by atoms with Crippen LogP contribution in [0.3, 0.4) is 0 Å². The van der Waals surface area contributed by atoms with Gasteiger partial charge in [0.05, 0.1) is 5.69 Å². The van der Waals surface area contributed by atoms with Gasteiger partial charge in [-0.2, -0.15) is 0 Å². The summed E-state index contributed by atoms with van der Waals surface area (Å²) in [5.74, 6) is 0.0242. The van der Waals surface area contributed by atoms with E-state index in [2.05, 4.69) is 15.6 Å². The van der Waals surface area contributed by atoms with Crippen LogP contribution >= 0.6 is 11.3 Å². The highest BCUT2D eigenvalue weighted by Gasteiger charge is 2.21.